The number of halogens is 1. The normalized spacial score (nSPS) is 16.7. The number of hydrogen-bond acceptors (Lipinski definition) is 4. The van der Waals surface area contributed by atoms with Gasteiger partial charge in [0.2, 0.25) is 5.78 Å². The molecule has 1 saturated heterocycles. The molecule has 0 N–H and O–H groups in total. The predicted molar refractivity (Wildman–Crippen MR) is 107 cm³/mol. The van der Waals surface area contributed by atoms with E-state index < -0.39 is 5.97 Å². The first-order chi connectivity index (χ1) is 12.5. The molecule has 0 radical (unpaired) electrons. The largest absolute Gasteiger partial charge is 0.454 e. The SMILES string of the molecule is Cc1cc(C(=O)COC(=O)c2ccccc2I)c(C)n1CC1CCCO1. The van der Waals surface area contributed by atoms with Crippen LogP contribution in [0, 0.1) is 17.4 Å². The number of carbonyl (C=O) groups excluding carboxylic acids is 2. The van der Waals surface area contributed by atoms with Gasteiger partial charge in [0.15, 0.2) is 6.61 Å². The van der Waals surface area contributed by atoms with Gasteiger partial charge in [-0.3, -0.25) is 4.79 Å². The van der Waals surface area contributed by atoms with Crippen molar-refractivity contribution < 1.29 is 19.1 Å². The molecular formula is C20H22INO4. The minimum absolute atomic E-state index is 0.184. The highest BCUT2D eigenvalue weighted by Crippen LogP contribution is 2.21. The maximum absolute atomic E-state index is 12.6. The average molecular weight is 467 g/mol. The fourth-order valence-corrected chi connectivity index (χ4v) is 3.88. The van der Waals surface area contributed by atoms with E-state index in [0.717, 1.165) is 41.0 Å². The number of rotatable bonds is 6. The van der Waals surface area contributed by atoms with E-state index in [1.807, 2.05) is 32.0 Å². The lowest BCUT2D eigenvalue weighted by Gasteiger charge is -2.14. The van der Waals surface area contributed by atoms with Crippen molar-refractivity contribution in [1.29, 1.82) is 0 Å². The van der Waals surface area contributed by atoms with Crippen molar-refractivity contribution in [3.05, 3.63) is 56.4 Å². The number of aromatic nitrogens is 1. The van der Waals surface area contributed by atoms with Gasteiger partial charge in [-0.15, -0.1) is 0 Å². The van der Waals surface area contributed by atoms with E-state index in [0.29, 0.717) is 11.1 Å². The minimum atomic E-state index is -0.475. The zero-order valence-corrected chi connectivity index (χ0v) is 17.1. The summed E-state index contributed by atoms with van der Waals surface area (Å²) in [5, 5.41) is 0. The van der Waals surface area contributed by atoms with Crippen LogP contribution in [-0.4, -0.2) is 35.6 Å². The Morgan fingerprint density at radius 3 is 2.73 bits per heavy atom. The second-order valence-corrected chi connectivity index (χ2v) is 7.67. The molecule has 6 heteroatoms. The van der Waals surface area contributed by atoms with Crippen LogP contribution in [0.1, 0.15) is 44.9 Å². The van der Waals surface area contributed by atoms with Crippen LogP contribution in [-0.2, 0) is 16.0 Å². The third-order valence-corrected chi connectivity index (χ3v) is 5.65. The molecule has 0 saturated carbocycles. The van der Waals surface area contributed by atoms with E-state index in [1.165, 1.54) is 0 Å². The van der Waals surface area contributed by atoms with E-state index in [2.05, 4.69) is 27.2 Å². The number of aryl methyl sites for hydroxylation is 1. The number of hydrogen-bond donors (Lipinski definition) is 0. The molecule has 26 heavy (non-hydrogen) atoms. The van der Waals surface area contributed by atoms with Crippen molar-refractivity contribution in [3.8, 4) is 0 Å². The Balaban J connectivity index is 1.66. The number of Topliss-reactive ketones (excluding diaryl/α,β-unsaturated/α-hetero) is 1. The number of nitrogens with zero attached hydrogens (tertiary/aromatic N) is 1. The zero-order valence-electron chi connectivity index (χ0n) is 15.0. The molecule has 5 nitrogen and oxygen atoms in total. The van der Waals surface area contributed by atoms with Crippen molar-refractivity contribution in [3.63, 3.8) is 0 Å². The smallest absolute Gasteiger partial charge is 0.339 e. The Bertz CT molecular complexity index is 821. The molecule has 1 fully saturated rings. The third-order valence-electron chi connectivity index (χ3n) is 4.71. The standard InChI is InChI=1S/C20H22INO4/c1-13-10-17(14(2)22(13)11-15-6-5-9-25-15)19(23)12-26-20(24)16-7-3-4-8-18(16)21/h3-4,7-8,10,15H,5-6,9,11-12H2,1-2H3. The molecule has 1 aliphatic rings. The molecular weight excluding hydrogens is 445 g/mol. The van der Waals surface area contributed by atoms with Gasteiger partial charge in [-0.1, -0.05) is 12.1 Å². The molecule has 2 heterocycles. The van der Waals surface area contributed by atoms with Crippen molar-refractivity contribution in [2.75, 3.05) is 13.2 Å². The Morgan fingerprint density at radius 1 is 1.27 bits per heavy atom. The lowest BCUT2D eigenvalue weighted by Crippen LogP contribution is -2.18. The fourth-order valence-electron chi connectivity index (χ4n) is 3.27. The molecule has 0 amide bonds. The van der Waals surface area contributed by atoms with Crippen LogP contribution in [0.25, 0.3) is 0 Å². The number of ether oxygens (including phenoxy) is 2. The van der Waals surface area contributed by atoms with Crippen molar-refractivity contribution in [2.45, 2.75) is 39.3 Å². The predicted octanol–water partition coefficient (Wildman–Crippen LogP) is 3.93. The van der Waals surface area contributed by atoms with E-state index >= 15 is 0 Å². The van der Waals surface area contributed by atoms with Crippen LogP contribution in [0.3, 0.4) is 0 Å². The zero-order chi connectivity index (χ0) is 18.7. The second-order valence-electron chi connectivity index (χ2n) is 6.51. The molecule has 1 unspecified atom stereocenters. The first kappa shape index (κ1) is 19.1. The molecule has 0 bridgehead atoms. The highest BCUT2D eigenvalue weighted by atomic mass is 127. The molecule has 1 aromatic heterocycles. The molecule has 3 rings (SSSR count). The summed E-state index contributed by atoms with van der Waals surface area (Å²) < 4.78 is 13.9. The number of benzene rings is 1. The quantitative estimate of drug-likeness (QED) is 0.367. The molecule has 1 aliphatic heterocycles. The van der Waals surface area contributed by atoms with Gasteiger partial charge in [-0.05, 0) is 67.5 Å². The molecule has 0 aliphatic carbocycles. The van der Waals surface area contributed by atoms with Gasteiger partial charge in [-0.25, -0.2) is 4.79 Å². The minimum Gasteiger partial charge on any atom is -0.454 e. The van der Waals surface area contributed by atoms with Crippen molar-refractivity contribution >= 4 is 34.3 Å². The van der Waals surface area contributed by atoms with Crippen molar-refractivity contribution in [1.82, 2.24) is 4.57 Å². The van der Waals surface area contributed by atoms with E-state index in [9.17, 15) is 9.59 Å². The van der Waals surface area contributed by atoms with Crippen LogP contribution in [0.4, 0.5) is 0 Å². The molecule has 1 atom stereocenters. The summed E-state index contributed by atoms with van der Waals surface area (Å²) >= 11 is 2.08. The molecule has 0 spiro atoms. The Hall–Kier alpha value is -1.67. The van der Waals surface area contributed by atoms with Crippen LogP contribution in [0.2, 0.25) is 0 Å². The van der Waals surface area contributed by atoms with Crippen LogP contribution in [0.15, 0.2) is 30.3 Å². The highest BCUT2D eigenvalue weighted by molar-refractivity contribution is 14.1. The summed E-state index contributed by atoms with van der Waals surface area (Å²) in [5.41, 5.74) is 3.00. The summed E-state index contributed by atoms with van der Waals surface area (Å²) in [6.45, 7) is 5.22. The van der Waals surface area contributed by atoms with Crippen LogP contribution in [0.5, 0.6) is 0 Å². The maximum Gasteiger partial charge on any atom is 0.339 e. The average Bonchev–Trinajstić information content (AvgIpc) is 3.23. The van der Waals surface area contributed by atoms with E-state index in [-0.39, 0.29) is 18.5 Å². The van der Waals surface area contributed by atoms with Gasteiger partial charge in [0.1, 0.15) is 0 Å². The Kier molecular flexibility index (Phi) is 6.13. The van der Waals surface area contributed by atoms with Gasteiger partial charge in [0, 0.05) is 33.7 Å². The summed E-state index contributed by atoms with van der Waals surface area (Å²) in [5.74, 6) is -0.660. The third kappa shape index (κ3) is 4.17. The lowest BCUT2D eigenvalue weighted by molar-refractivity contribution is 0.0473. The Labute approximate surface area is 166 Å². The van der Waals surface area contributed by atoms with Crippen molar-refractivity contribution in [2.24, 2.45) is 0 Å². The fraction of sp³-hybridized carbons (Fsp3) is 0.400. The summed E-state index contributed by atoms with van der Waals surface area (Å²) in [6.07, 6.45) is 2.35. The van der Waals surface area contributed by atoms with Crippen LogP contribution < -0.4 is 0 Å². The molecule has 138 valence electrons. The van der Waals surface area contributed by atoms with Gasteiger partial charge in [0.05, 0.1) is 11.7 Å². The second kappa shape index (κ2) is 8.35. The summed E-state index contributed by atoms with van der Waals surface area (Å²) in [4.78, 5) is 24.8. The monoisotopic (exact) mass is 467 g/mol. The lowest BCUT2D eigenvalue weighted by atomic mass is 10.1. The van der Waals surface area contributed by atoms with Crippen LogP contribution >= 0.6 is 22.6 Å². The number of esters is 1. The maximum atomic E-state index is 12.6. The Morgan fingerprint density at radius 2 is 2.04 bits per heavy atom. The first-order valence-electron chi connectivity index (χ1n) is 8.70. The van der Waals surface area contributed by atoms with Gasteiger partial charge in [0.25, 0.3) is 0 Å². The van der Waals surface area contributed by atoms with E-state index in [1.54, 1.807) is 12.1 Å². The first-order valence-corrected chi connectivity index (χ1v) is 9.78. The summed E-state index contributed by atoms with van der Waals surface area (Å²) in [7, 11) is 0. The molecule has 2 aromatic rings. The summed E-state index contributed by atoms with van der Waals surface area (Å²) in [6, 6.07) is 9.03. The van der Waals surface area contributed by atoms with Gasteiger partial charge < -0.3 is 14.0 Å². The van der Waals surface area contributed by atoms with E-state index in [4.69, 9.17) is 9.47 Å². The highest BCUT2D eigenvalue weighted by Gasteiger charge is 2.22. The number of carbonyl (C=O) groups is 2. The number of ketones is 1. The van der Waals surface area contributed by atoms with Gasteiger partial charge in [-0.2, -0.15) is 0 Å². The topological polar surface area (TPSA) is 57.5 Å². The molecule has 1 aromatic carbocycles. The van der Waals surface area contributed by atoms with Gasteiger partial charge >= 0.3 is 5.97 Å².